The maximum atomic E-state index is 13.1. The summed E-state index contributed by atoms with van der Waals surface area (Å²) in [6.07, 6.45) is 1.38. The molecule has 0 spiro atoms. The number of aromatic nitrogens is 3. The summed E-state index contributed by atoms with van der Waals surface area (Å²) in [6, 6.07) is 7.72. The summed E-state index contributed by atoms with van der Waals surface area (Å²) in [6.45, 7) is 4.71. The van der Waals surface area contributed by atoms with Gasteiger partial charge in [0.1, 0.15) is 11.9 Å². The minimum Gasteiger partial charge on any atom is -0.497 e. The first kappa shape index (κ1) is 21.8. The van der Waals surface area contributed by atoms with Crippen molar-refractivity contribution in [2.75, 3.05) is 45.8 Å². The Bertz CT molecular complexity index is 1130. The third-order valence-corrected chi connectivity index (χ3v) is 5.34. The minimum absolute atomic E-state index is 0.193. The van der Waals surface area contributed by atoms with E-state index >= 15 is 0 Å². The van der Waals surface area contributed by atoms with Crippen LogP contribution in [0.1, 0.15) is 33.9 Å². The highest BCUT2D eigenvalue weighted by Gasteiger charge is 2.32. The Morgan fingerprint density at radius 1 is 1.25 bits per heavy atom. The molecule has 4 rings (SSSR count). The summed E-state index contributed by atoms with van der Waals surface area (Å²) in [5, 5.41) is 0. The lowest BCUT2D eigenvalue weighted by Gasteiger charge is -2.33. The van der Waals surface area contributed by atoms with Crippen LogP contribution in [0, 0.1) is 13.8 Å². The van der Waals surface area contributed by atoms with E-state index in [4.69, 9.17) is 18.9 Å². The molecule has 0 N–H and O–H groups in total. The van der Waals surface area contributed by atoms with Crippen molar-refractivity contribution >= 4 is 11.9 Å². The van der Waals surface area contributed by atoms with Gasteiger partial charge in [0, 0.05) is 39.3 Å². The number of rotatable bonds is 5. The van der Waals surface area contributed by atoms with Crippen LogP contribution in [0.3, 0.4) is 0 Å². The average molecular weight is 438 g/mol. The zero-order valence-electron chi connectivity index (χ0n) is 19.0. The van der Waals surface area contributed by atoms with Crippen LogP contribution in [0.4, 0.5) is 5.95 Å². The van der Waals surface area contributed by atoms with E-state index in [0.29, 0.717) is 37.2 Å². The van der Waals surface area contributed by atoms with Gasteiger partial charge in [0.15, 0.2) is 5.89 Å². The quantitative estimate of drug-likeness (QED) is 0.601. The number of morpholine rings is 1. The number of hydrogen-bond acceptors (Lipinski definition) is 8. The van der Waals surface area contributed by atoms with Crippen LogP contribution < -0.4 is 9.64 Å². The zero-order chi connectivity index (χ0) is 22.8. The molecule has 0 unspecified atom stereocenters. The number of carbonyl (C=O) groups is 1. The Kier molecular flexibility index (Phi) is 6.09. The number of carbonyl (C=O) groups excluding carboxylic acids is 1. The fraction of sp³-hybridized carbons (Fsp3) is 0.391. The van der Waals surface area contributed by atoms with E-state index in [1.807, 2.05) is 43.3 Å². The second kappa shape index (κ2) is 8.96. The molecule has 3 aromatic rings. The molecule has 0 radical (unpaired) electrons. The van der Waals surface area contributed by atoms with Gasteiger partial charge in [0.2, 0.25) is 11.7 Å². The molecule has 9 heteroatoms. The topological polar surface area (TPSA) is 93.8 Å². The molecule has 32 heavy (non-hydrogen) atoms. The number of hydrogen-bond donors (Lipinski definition) is 0. The molecule has 0 bridgehead atoms. The average Bonchev–Trinajstić information content (AvgIpc) is 3.16. The highest BCUT2D eigenvalue weighted by molar-refractivity contribution is 5.92. The van der Waals surface area contributed by atoms with Gasteiger partial charge < -0.3 is 23.7 Å². The highest BCUT2D eigenvalue weighted by atomic mass is 16.5. The summed E-state index contributed by atoms with van der Waals surface area (Å²) in [5.41, 5.74) is 3.06. The second-order valence-electron chi connectivity index (χ2n) is 7.85. The van der Waals surface area contributed by atoms with Crippen molar-refractivity contribution < 1.29 is 18.7 Å². The molecule has 1 aromatic carbocycles. The first-order valence-corrected chi connectivity index (χ1v) is 10.4. The van der Waals surface area contributed by atoms with Crippen molar-refractivity contribution in [2.24, 2.45) is 0 Å². The lowest BCUT2D eigenvalue weighted by Crippen LogP contribution is -2.42. The van der Waals surface area contributed by atoms with Crippen molar-refractivity contribution in [3.05, 3.63) is 53.5 Å². The predicted molar refractivity (Wildman–Crippen MR) is 119 cm³/mol. The Morgan fingerprint density at radius 2 is 2.06 bits per heavy atom. The number of amides is 1. The summed E-state index contributed by atoms with van der Waals surface area (Å²) in [4.78, 5) is 30.2. The Balaban J connectivity index is 1.70. The molecule has 0 aliphatic carbocycles. The molecule has 2 aromatic heterocycles. The third-order valence-electron chi connectivity index (χ3n) is 5.34. The van der Waals surface area contributed by atoms with Gasteiger partial charge in [0.05, 0.1) is 31.6 Å². The Labute approximate surface area is 187 Å². The molecular weight excluding hydrogens is 410 g/mol. The number of ether oxygens (including phenoxy) is 2. The summed E-state index contributed by atoms with van der Waals surface area (Å²) >= 11 is 0. The fourth-order valence-corrected chi connectivity index (χ4v) is 3.73. The van der Waals surface area contributed by atoms with Crippen LogP contribution in [-0.4, -0.2) is 66.7 Å². The van der Waals surface area contributed by atoms with E-state index < -0.39 is 6.10 Å². The molecule has 9 nitrogen and oxygen atoms in total. The van der Waals surface area contributed by atoms with Gasteiger partial charge in [-0.25, -0.2) is 15.0 Å². The van der Waals surface area contributed by atoms with E-state index in [2.05, 4.69) is 9.97 Å². The fourth-order valence-electron chi connectivity index (χ4n) is 3.73. The molecule has 1 amide bonds. The minimum atomic E-state index is -0.417. The molecule has 1 fully saturated rings. The van der Waals surface area contributed by atoms with Crippen LogP contribution in [-0.2, 0) is 4.74 Å². The molecule has 0 saturated carbocycles. The SMILES string of the molecule is COc1cccc(-c2cnc(N(C)C)nc2[C@H]2CN(C(=O)c3oc(C)nc3C)CCO2)c1. The van der Waals surface area contributed by atoms with Crippen molar-refractivity contribution in [2.45, 2.75) is 20.0 Å². The van der Waals surface area contributed by atoms with Gasteiger partial charge in [0.25, 0.3) is 5.91 Å². The van der Waals surface area contributed by atoms with E-state index in [0.717, 1.165) is 22.6 Å². The van der Waals surface area contributed by atoms with Crippen LogP contribution in [0.2, 0.25) is 0 Å². The van der Waals surface area contributed by atoms with Crippen LogP contribution >= 0.6 is 0 Å². The molecular formula is C23H27N5O4. The van der Waals surface area contributed by atoms with Crippen LogP contribution in [0.25, 0.3) is 11.1 Å². The van der Waals surface area contributed by atoms with E-state index in [1.165, 1.54) is 0 Å². The van der Waals surface area contributed by atoms with Gasteiger partial charge in [-0.3, -0.25) is 4.79 Å². The van der Waals surface area contributed by atoms with Gasteiger partial charge >= 0.3 is 0 Å². The Hall–Kier alpha value is -3.46. The first-order chi connectivity index (χ1) is 15.4. The number of anilines is 1. The maximum absolute atomic E-state index is 13.1. The first-order valence-electron chi connectivity index (χ1n) is 10.4. The van der Waals surface area contributed by atoms with Crippen molar-refractivity contribution in [3.8, 4) is 16.9 Å². The Morgan fingerprint density at radius 3 is 2.75 bits per heavy atom. The van der Waals surface area contributed by atoms with Crippen LogP contribution in [0.15, 0.2) is 34.9 Å². The maximum Gasteiger partial charge on any atom is 0.291 e. The standard InChI is InChI=1S/C23H27N5O4/c1-14-21(32-15(2)25-14)22(29)28-9-10-31-19(13-28)20-18(12-24-23(26-20)27(3)4)16-7-6-8-17(11-16)30-5/h6-8,11-12,19H,9-10,13H2,1-5H3/t19-/m1/s1. The highest BCUT2D eigenvalue weighted by Crippen LogP contribution is 2.33. The molecule has 168 valence electrons. The molecule has 1 aliphatic heterocycles. The smallest absolute Gasteiger partial charge is 0.291 e. The lowest BCUT2D eigenvalue weighted by molar-refractivity contribution is -0.0254. The zero-order valence-corrected chi connectivity index (χ0v) is 19.0. The van der Waals surface area contributed by atoms with Gasteiger partial charge in [-0.2, -0.15) is 0 Å². The van der Waals surface area contributed by atoms with Gasteiger partial charge in [-0.05, 0) is 24.6 Å². The predicted octanol–water partition coefficient (Wildman–Crippen LogP) is 3.04. The second-order valence-corrected chi connectivity index (χ2v) is 7.85. The van der Waals surface area contributed by atoms with Crippen molar-refractivity contribution in [1.82, 2.24) is 19.9 Å². The van der Waals surface area contributed by atoms with Crippen LogP contribution in [0.5, 0.6) is 5.75 Å². The van der Waals surface area contributed by atoms with E-state index in [-0.39, 0.29) is 11.7 Å². The molecule has 1 aliphatic rings. The number of benzene rings is 1. The number of methoxy groups -OCH3 is 1. The largest absolute Gasteiger partial charge is 0.497 e. The molecule has 1 atom stereocenters. The van der Waals surface area contributed by atoms with Gasteiger partial charge in [-0.15, -0.1) is 0 Å². The number of oxazole rings is 1. The summed E-state index contributed by atoms with van der Waals surface area (Å²) < 4.78 is 17.0. The van der Waals surface area contributed by atoms with Crippen molar-refractivity contribution in [3.63, 3.8) is 0 Å². The number of nitrogens with zero attached hydrogens (tertiary/aromatic N) is 5. The summed E-state index contributed by atoms with van der Waals surface area (Å²) in [7, 11) is 5.40. The van der Waals surface area contributed by atoms with Gasteiger partial charge in [-0.1, -0.05) is 12.1 Å². The van der Waals surface area contributed by atoms with E-state index in [1.54, 1.807) is 32.1 Å². The number of aryl methyl sites for hydroxylation is 2. The van der Waals surface area contributed by atoms with E-state index in [9.17, 15) is 4.79 Å². The van der Waals surface area contributed by atoms with Crippen molar-refractivity contribution in [1.29, 1.82) is 0 Å². The molecule has 1 saturated heterocycles. The lowest BCUT2D eigenvalue weighted by atomic mass is 10.0. The molecule has 3 heterocycles. The normalized spacial score (nSPS) is 16.2. The summed E-state index contributed by atoms with van der Waals surface area (Å²) in [5.74, 6) is 1.86. The monoisotopic (exact) mass is 437 g/mol. The third kappa shape index (κ3) is 4.29.